The first-order valence-electron chi connectivity index (χ1n) is 11.5. The summed E-state index contributed by atoms with van der Waals surface area (Å²) in [6, 6.07) is 8.47. The Balaban J connectivity index is 1.49. The van der Waals surface area contributed by atoms with Gasteiger partial charge in [-0.2, -0.15) is 0 Å². The number of hydrogen-bond acceptors (Lipinski definition) is 8. The summed E-state index contributed by atoms with van der Waals surface area (Å²) in [7, 11) is 3.09. The Morgan fingerprint density at radius 1 is 1.22 bits per heavy atom. The van der Waals surface area contributed by atoms with Crippen LogP contribution in [0.3, 0.4) is 0 Å². The third-order valence-corrected chi connectivity index (χ3v) is 5.78. The normalized spacial score (nSPS) is 14.7. The van der Waals surface area contributed by atoms with Crippen molar-refractivity contribution in [3.05, 3.63) is 54.5 Å². The number of fused-ring (bicyclic) bond motifs is 1. The molecule has 0 unspecified atom stereocenters. The zero-order chi connectivity index (χ0) is 25.5. The van der Waals surface area contributed by atoms with Crippen molar-refractivity contribution in [3.63, 3.8) is 0 Å². The highest BCUT2D eigenvalue weighted by molar-refractivity contribution is 6.17. The van der Waals surface area contributed by atoms with Crippen LogP contribution in [0.25, 0.3) is 10.9 Å². The molecular weight excluding hydrogens is 462 g/mol. The lowest BCUT2D eigenvalue weighted by Crippen LogP contribution is -2.30. The summed E-state index contributed by atoms with van der Waals surface area (Å²) in [5.41, 5.74) is 6.59. The van der Waals surface area contributed by atoms with Gasteiger partial charge in [0.2, 0.25) is 0 Å². The van der Waals surface area contributed by atoms with E-state index in [1.807, 2.05) is 0 Å². The minimum absolute atomic E-state index is 0.171. The maximum absolute atomic E-state index is 12.7. The second-order valence-corrected chi connectivity index (χ2v) is 8.12. The number of nitrogens with two attached hydrogens (primary N) is 1. The van der Waals surface area contributed by atoms with Gasteiger partial charge in [-0.25, -0.2) is 9.78 Å². The van der Waals surface area contributed by atoms with Gasteiger partial charge in [0.25, 0.3) is 5.91 Å². The van der Waals surface area contributed by atoms with Crippen LogP contribution < -0.4 is 31.2 Å². The molecule has 1 aliphatic rings. The van der Waals surface area contributed by atoms with Gasteiger partial charge in [0.1, 0.15) is 11.6 Å². The number of pyridine rings is 1. The number of carbonyl (C=O) groups is 2. The molecular formula is C25H29N7O4. The number of amides is 2. The van der Waals surface area contributed by atoms with Crippen molar-refractivity contribution in [1.82, 2.24) is 20.2 Å². The fourth-order valence-corrected chi connectivity index (χ4v) is 3.86. The van der Waals surface area contributed by atoms with E-state index in [0.29, 0.717) is 22.8 Å². The van der Waals surface area contributed by atoms with Crippen LogP contribution in [0.5, 0.6) is 17.2 Å². The summed E-state index contributed by atoms with van der Waals surface area (Å²) < 4.78 is 13.0. The molecule has 3 heterocycles. The molecule has 1 aromatic carbocycles. The average Bonchev–Trinajstić information content (AvgIpc) is 3.31. The summed E-state index contributed by atoms with van der Waals surface area (Å²) >= 11 is 0. The fraction of sp³-hybridized carbons (Fsp3) is 0.280. The number of benzene rings is 1. The minimum Gasteiger partial charge on any atom is -0.493 e. The second kappa shape index (κ2) is 11.4. The maximum atomic E-state index is 12.7. The van der Waals surface area contributed by atoms with E-state index in [2.05, 4.69) is 25.9 Å². The molecule has 1 aliphatic heterocycles. The minimum atomic E-state index is -0.422. The van der Waals surface area contributed by atoms with E-state index < -0.39 is 5.91 Å². The maximum Gasteiger partial charge on any atom is 0.325 e. The molecule has 188 valence electrons. The highest BCUT2D eigenvalue weighted by Gasteiger charge is 2.15. The first kappa shape index (κ1) is 24.7. The van der Waals surface area contributed by atoms with Crippen molar-refractivity contribution >= 4 is 34.9 Å². The largest absolute Gasteiger partial charge is 0.493 e. The Labute approximate surface area is 208 Å². The number of methoxy groups -OCH3 is 1. The Morgan fingerprint density at radius 3 is 2.75 bits per heavy atom. The summed E-state index contributed by atoms with van der Waals surface area (Å²) in [6.45, 7) is 1.81. The number of nitrogens with zero attached hydrogens (tertiary/aromatic N) is 3. The summed E-state index contributed by atoms with van der Waals surface area (Å²) in [5.74, 6) is 1.19. The lowest BCUT2D eigenvalue weighted by molar-refractivity contribution is -0.112. The number of aromatic nitrogens is 2. The third-order valence-electron chi connectivity index (χ3n) is 5.78. The number of anilines is 1. The molecule has 0 saturated carbocycles. The molecule has 2 amide bonds. The zero-order valence-corrected chi connectivity index (χ0v) is 20.2. The van der Waals surface area contributed by atoms with Crippen LogP contribution in [0.2, 0.25) is 0 Å². The highest BCUT2D eigenvalue weighted by atomic mass is 16.5. The number of aliphatic imine (C=N–C) groups is 1. The molecule has 4 rings (SSSR count). The first-order valence-corrected chi connectivity index (χ1v) is 11.5. The van der Waals surface area contributed by atoms with Gasteiger partial charge in [-0.3, -0.25) is 14.4 Å². The monoisotopic (exact) mass is 491 g/mol. The van der Waals surface area contributed by atoms with E-state index in [9.17, 15) is 9.59 Å². The molecule has 3 aromatic rings. The Hall–Kier alpha value is -4.38. The molecule has 0 aliphatic carbocycles. The summed E-state index contributed by atoms with van der Waals surface area (Å²) in [4.78, 5) is 33.5. The van der Waals surface area contributed by atoms with Crippen LogP contribution in [0.4, 0.5) is 10.6 Å². The number of carbonyl (C=O) groups excluding carboxylic acids is 2. The molecule has 11 nitrogen and oxygen atoms in total. The van der Waals surface area contributed by atoms with Gasteiger partial charge in [-0.15, -0.1) is 0 Å². The van der Waals surface area contributed by atoms with Gasteiger partial charge in [-0.05, 0) is 44.1 Å². The van der Waals surface area contributed by atoms with Gasteiger partial charge in [0, 0.05) is 49.4 Å². The van der Waals surface area contributed by atoms with Crippen LogP contribution in [-0.2, 0) is 4.79 Å². The van der Waals surface area contributed by atoms with E-state index in [-0.39, 0.29) is 23.5 Å². The standard InChI is InChI=1S/C25H29N7O4/c1-27-25(34)32-10-6-16-11-22(21(35-2)13-20(16)32)36-19-5-9-29-23(12-19)31-24(33)17(14-26)15-30-18-3-7-28-8-4-18/h5-6,9-15,18,28H,3-4,7-8,26H2,1-2H3,(H,27,34)(H,29,31,33). The number of hydrogen-bond donors (Lipinski definition) is 4. The number of nitrogens with one attached hydrogen (secondary N) is 3. The van der Waals surface area contributed by atoms with Crippen molar-refractivity contribution in [2.75, 3.05) is 32.6 Å². The van der Waals surface area contributed by atoms with Crippen molar-refractivity contribution in [2.24, 2.45) is 10.7 Å². The molecule has 11 heteroatoms. The molecule has 0 radical (unpaired) electrons. The molecule has 0 atom stereocenters. The van der Waals surface area contributed by atoms with E-state index in [1.54, 1.807) is 43.6 Å². The van der Waals surface area contributed by atoms with Crippen LogP contribution in [0, 0.1) is 0 Å². The zero-order valence-electron chi connectivity index (χ0n) is 20.2. The van der Waals surface area contributed by atoms with Gasteiger partial charge >= 0.3 is 6.03 Å². The predicted molar refractivity (Wildman–Crippen MR) is 138 cm³/mol. The topological polar surface area (TPSA) is 145 Å². The number of piperidine rings is 1. The smallest absolute Gasteiger partial charge is 0.325 e. The van der Waals surface area contributed by atoms with Gasteiger partial charge in [0.15, 0.2) is 11.5 Å². The fourth-order valence-electron chi connectivity index (χ4n) is 3.86. The molecule has 5 N–H and O–H groups in total. The van der Waals surface area contributed by atoms with Crippen molar-refractivity contribution < 1.29 is 19.1 Å². The van der Waals surface area contributed by atoms with Crippen LogP contribution in [-0.4, -0.2) is 61.0 Å². The third kappa shape index (κ3) is 5.63. The Kier molecular flexibility index (Phi) is 7.81. The Bertz CT molecular complexity index is 1310. The van der Waals surface area contributed by atoms with Crippen molar-refractivity contribution in [1.29, 1.82) is 0 Å². The second-order valence-electron chi connectivity index (χ2n) is 8.12. The molecule has 36 heavy (non-hydrogen) atoms. The molecule has 0 bridgehead atoms. The molecule has 0 spiro atoms. The SMILES string of the molecule is CNC(=O)n1ccc2cc(Oc3ccnc(NC(=O)C(C=NC4CCNCC4)=CN)c3)c(OC)cc21. The molecule has 1 fully saturated rings. The molecule has 1 saturated heterocycles. The average molecular weight is 492 g/mol. The Morgan fingerprint density at radius 2 is 2.03 bits per heavy atom. The van der Waals surface area contributed by atoms with E-state index in [1.165, 1.54) is 30.3 Å². The molecule has 2 aromatic heterocycles. The van der Waals surface area contributed by atoms with E-state index in [4.69, 9.17) is 15.2 Å². The summed E-state index contributed by atoms with van der Waals surface area (Å²) in [5, 5.41) is 9.40. The summed E-state index contributed by atoms with van der Waals surface area (Å²) in [6.07, 6.45) is 7.77. The quantitative estimate of drug-likeness (QED) is 0.294. The van der Waals surface area contributed by atoms with Crippen LogP contribution in [0.15, 0.2) is 59.5 Å². The van der Waals surface area contributed by atoms with Crippen molar-refractivity contribution in [2.45, 2.75) is 18.9 Å². The number of ether oxygens (including phenoxy) is 2. The predicted octanol–water partition coefficient (Wildman–Crippen LogP) is 2.63. The van der Waals surface area contributed by atoms with Gasteiger partial charge < -0.3 is 31.2 Å². The van der Waals surface area contributed by atoms with E-state index in [0.717, 1.165) is 31.3 Å². The van der Waals surface area contributed by atoms with Gasteiger partial charge in [0.05, 0.1) is 24.2 Å². The van der Waals surface area contributed by atoms with Crippen LogP contribution >= 0.6 is 0 Å². The van der Waals surface area contributed by atoms with Crippen LogP contribution in [0.1, 0.15) is 12.8 Å². The lowest BCUT2D eigenvalue weighted by atomic mass is 10.1. The number of rotatable bonds is 7. The van der Waals surface area contributed by atoms with E-state index >= 15 is 0 Å². The highest BCUT2D eigenvalue weighted by Crippen LogP contribution is 2.36. The lowest BCUT2D eigenvalue weighted by Gasteiger charge is -2.18. The first-order chi connectivity index (χ1) is 17.5. The van der Waals surface area contributed by atoms with Crippen molar-refractivity contribution in [3.8, 4) is 17.2 Å². The van der Waals surface area contributed by atoms with Gasteiger partial charge in [-0.1, -0.05) is 0 Å².